The molecule has 1 rings (SSSR count). The number of halogens is 5. The van der Waals surface area contributed by atoms with E-state index in [1.165, 1.54) is 6.07 Å². The molecule has 0 aromatic carbocycles. The highest BCUT2D eigenvalue weighted by molar-refractivity contribution is 5.45. The predicted octanol–water partition coefficient (Wildman–Crippen LogP) is 3.22. The number of aromatic nitrogens is 1. The summed E-state index contributed by atoms with van der Waals surface area (Å²) in [4.78, 5) is 3.28. The zero-order valence-corrected chi connectivity index (χ0v) is 7.94. The van der Waals surface area contributed by atoms with Crippen molar-refractivity contribution in [2.24, 2.45) is 0 Å². The van der Waals surface area contributed by atoms with Crippen LogP contribution in [0.15, 0.2) is 6.20 Å². The van der Waals surface area contributed by atoms with Crippen molar-refractivity contribution in [3.8, 4) is 6.07 Å². The summed E-state index contributed by atoms with van der Waals surface area (Å²) in [5, 5.41) is 8.46. The summed E-state index contributed by atoms with van der Waals surface area (Å²) in [7, 11) is 0. The Bertz CT molecular complexity index is 444. The highest BCUT2D eigenvalue weighted by Gasteiger charge is 2.39. The first-order chi connectivity index (χ1) is 7.29. The second-order valence-corrected chi connectivity index (χ2v) is 2.96. The second-order valence-electron chi connectivity index (χ2n) is 2.96. The Balaban J connectivity index is 3.63. The Labute approximate surface area is 87.3 Å². The van der Waals surface area contributed by atoms with Crippen LogP contribution in [0, 0.1) is 18.3 Å². The second kappa shape index (κ2) is 4.04. The molecule has 1 aromatic rings. The molecule has 0 bridgehead atoms. The van der Waals surface area contributed by atoms with E-state index in [4.69, 9.17) is 5.26 Å². The molecule has 0 aliphatic heterocycles. The van der Waals surface area contributed by atoms with Gasteiger partial charge in [-0.2, -0.15) is 18.4 Å². The first kappa shape index (κ1) is 12.4. The topological polar surface area (TPSA) is 36.7 Å². The van der Waals surface area contributed by atoms with Crippen LogP contribution in [0.4, 0.5) is 22.0 Å². The van der Waals surface area contributed by atoms with Crippen LogP contribution in [0.5, 0.6) is 0 Å². The Morgan fingerprint density at radius 3 is 2.31 bits per heavy atom. The summed E-state index contributed by atoms with van der Waals surface area (Å²) >= 11 is 0. The highest BCUT2D eigenvalue weighted by atomic mass is 19.4. The molecule has 1 heterocycles. The molecule has 2 nitrogen and oxygen atoms in total. The fourth-order valence-corrected chi connectivity index (χ4v) is 1.30. The molecule has 0 N–H and O–H groups in total. The maximum Gasteiger partial charge on any atom is 0.418 e. The van der Waals surface area contributed by atoms with E-state index in [0.717, 1.165) is 6.92 Å². The van der Waals surface area contributed by atoms with E-state index in [-0.39, 0.29) is 0 Å². The third-order valence-electron chi connectivity index (χ3n) is 1.93. The molecule has 0 fully saturated rings. The lowest BCUT2D eigenvalue weighted by Gasteiger charge is -2.15. The minimum Gasteiger partial charge on any atom is -0.260 e. The zero-order valence-electron chi connectivity index (χ0n) is 7.94. The number of rotatable bonds is 1. The van der Waals surface area contributed by atoms with E-state index in [1.54, 1.807) is 0 Å². The molecular formula is C9H5F5N2. The van der Waals surface area contributed by atoms with Gasteiger partial charge in [0.05, 0.1) is 22.4 Å². The molecule has 1 aromatic heterocycles. The molecule has 0 radical (unpaired) electrons. The van der Waals surface area contributed by atoms with Crippen molar-refractivity contribution in [2.45, 2.75) is 19.5 Å². The number of hydrogen-bond acceptors (Lipinski definition) is 2. The Hall–Kier alpha value is -1.71. The first-order valence-corrected chi connectivity index (χ1v) is 4.04. The Morgan fingerprint density at radius 1 is 1.38 bits per heavy atom. The van der Waals surface area contributed by atoms with Gasteiger partial charge in [-0.25, -0.2) is 8.78 Å². The molecule has 0 saturated carbocycles. The number of hydrogen-bond donors (Lipinski definition) is 0. The molecule has 0 spiro atoms. The standard InChI is InChI=1S/C9H5F5N2/c1-4-7(9(12,13)14)6(8(10)11)5(2-15)3-16-4/h3,8H,1H3. The summed E-state index contributed by atoms with van der Waals surface area (Å²) < 4.78 is 62.5. The minimum atomic E-state index is -4.95. The number of aryl methyl sites for hydroxylation is 1. The van der Waals surface area contributed by atoms with Crippen molar-refractivity contribution in [1.82, 2.24) is 4.98 Å². The van der Waals surface area contributed by atoms with Crippen LogP contribution >= 0.6 is 0 Å². The van der Waals surface area contributed by atoms with Crippen molar-refractivity contribution >= 4 is 0 Å². The number of nitriles is 1. The zero-order chi connectivity index (χ0) is 12.5. The number of nitrogens with zero attached hydrogens (tertiary/aromatic N) is 2. The van der Waals surface area contributed by atoms with Crippen LogP contribution < -0.4 is 0 Å². The van der Waals surface area contributed by atoms with E-state index in [2.05, 4.69) is 4.98 Å². The normalized spacial score (nSPS) is 11.6. The van der Waals surface area contributed by atoms with Crippen molar-refractivity contribution in [3.05, 3.63) is 28.6 Å². The van der Waals surface area contributed by atoms with Crippen molar-refractivity contribution < 1.29 is 22.0 Å². The summed E-state index contributed by atoms with van der Waals surface area (Å²) in [6, 6.07) is 1.27. The van der Waals surface area contributed by atoms with Gasteiger partial charge in [0.1, 0.15) is 6.07 Å². The third kappa shape index (κ3) is 2.10. The van der Waals surface area contributed by atoms with E-state index >= 15 is 0 Å². The molecule has 0 unspecified atom stereocenters. The van der Waals surface area contributed by atoms with Crippen molar-refractivity contribution in [3.63, 3.8) is 0 Å². The van der Waals surface area contributed by atoms with E-state index in [0.29, 0.717) is 6.20 Å². The van der Waals surface area contributed by atoms with Gasteiger partial charge in [0.15, 0.2) is 0 Å². The van der Waals surface area contributed by atoms with Crippen LogP contribution in [0.1, 0.15) is 28.8 Å². The predicted molar refractivity (Wildman–Crippen MR) is 43.6 cm³/mol. The first-order valence-electron chi connectivity index (χ1n) is 4.04. The van der Waals surface area contributed by atoms with Gasteiger partial charge in [-0.15, -0.1) is 0 Å². The maximum absolute atomic E-state index is 12.5. The maximum atomic E-state index is 12.5. The van der Waals surface area contributed by atoms with Gasteiger partial charge >= 0.3 is 6.18 Å². The van der Waals surface area contributed by atoms with E-state index < -0.39 is 35.0 Å². The fraction of sp³-hybridized carbons (Fsp3) is 0.333. The lowest BCUT2D eigenvalue weighted by atomic mass is 10.0. The van der Waals surface area contributed by atoms with E-state index in [1.807, 2.05) is 0 Å². The van der Waals surface area contributed by atoms with Crippen molar-refractivity contribution in [1.29, 1.82) is 5.26 Å². The monoisotopic (exact) mass is 236 g/mol. The van der Waals surface area contributed by atoms with Crippen LogP contribution in [0.2, 0.25) is 0 Å². The van der Waals surface area contributed by atoms with Crippen LogP contribution in [0.25, 0.3) is 0 Å². The molecule has 0 saturated heterocycles. The molecule has 86 valence electrons. The number of pyridine rings is 1. The Kier molecular flexibility index (Phi) is 3.12. The third-order valence-corrected chi connectivity index (χ3v) is 1.93. The average molecular weight is 236 g/mol. The van der Waals surface area contributed by atoms with Gasteiger partial charge in [-0.05, 0) is 6.92 Å². The minimum absolute atomic E-state index is 0.568. The molecule has 0 atom stereocenters. The van der Waals surface area contributed by atoms with Crippen LogP contribution in [0.3, 0.4) is 0 Å². The van der Waals surface area contributed by atoms with Gasteiger partial charge in [-0.3, -0.25) is 4.98 Å². The van der Waals surface area contributed by atoms with Gasteiger partial charge in [-0.1, -0.05) is 0 Å². The van der Waals surface area contributed by atoms with Crippen molar-refractivity contribution in [2.75, 3.05) is 0 Å². The lowest BCUT2D eigenvalue weighted by Crippen LogP contribution is -2.14. The average Bonchev–Trinajstić information content (AvgIpc) is 2.15. The quantitative estimate of drug-likeness (QED) is 0.702. The van der Waals surface area contributed by atoms with Gasteiger partial charge in [0, 0.05) is 6.20 Å². The van der Waals surface area contributed by atoms with Gasteiger partial charge in [0.25, 0.3) is 6.43 Å². The molecule has 0 amide bonds. The summed E-state index contributed by atoms with van der Waals surface area (Å²) in [5.74, 6) is 0. The molecule has 0 aliphatic carbocycles. The Morgan fingerprint density at radius 2 is 1.94 bits per heavy atom. The summed E-state index contributed by atoms with van der Waals surface area (Å²) in [5.41, 5.74) is -4.15. The molecular weight excluding hydrogens is 231 g/mol. The van der Waals surface area contributed by atoms with Crippen LogP contribution in [-0.4, -0.2) is 4.98 Å². The fourth-order valence-electron chi connectivity index (χ4n) is 1.30. The van der Waals surface area contributed by atoms with Crippen LogP contribution in [-0.2, 0) is 6.18 Å². The SMILES string of the molecule is Cc1ncc(C#N)c(C(F)F)c1C(F)(F)F. The molecule has 0 aliphatic rings. The summed E-state index contributed by atoms with van der Waals surface area (Å²) in [6.07, 6.45) is -7.60. The molecule has 7 heteroatoms. The largest absolute Gasteiger partial charge is 0.418 e. The lowest BCUT2D eigenvalue weighted by molar-refractivity contribution is -0.140. The van der Waals surface area contributed by atoms with E-state index in [9.17, 15) is 22.0 Å². The smallest absolute Gasteiger partial charge is 0.260 e. The number of alkyl halides is 5. The molecule has 16 heavy (non-hydrogen) atoms. The van der Waals surface area contributed by atoms with Gasteiger partial charge < -0.3 is 0 Å². The highest BCUT2D eigenvalue weighted by Crippen LogP contribution is 2.39. The van der Waals surface area contributed by atoms with Gasteiger partial charge in [0.2, 0.25) is 0 Å². The summed E-state index contributed by atoms with van der Waals surface area (Å²) in [6.45, 7) is 0.968.